The van der Waals surface area contributed by atoms with Gasteiger partial charge in [-0.1, -0.05) is 12.1 Å². The van der Waals surface area contributed by atoms with Crippen LogP contribution in [0.3, 0.4) is 0 Å². The van der Waals surface area contributed by atoms with Gasteiger partial charge >= 0.3 is 5.97 Å². The van der Waals surface area contributed by atoms with Crippen LogP contribution in [0.2, 0.25) is 0 Å². The number of carboxylic acids is 1. The normalized spacial score (nSPS) is 25.7. The molecule has 1 unspecified atom stereocenters. The lowest BCUT2D eigenvalue weighted by molar-refractivity contribution is -0.141. The minimum Gasteiger partial charge on any atom is -0.479 e. The lowest BCUT2D eigenvalue weighted by Crippen LogP contribution is -2.54. The molecule has 1 aliphatic heterocycles. The fourth-order valence-corrected chi connectivity index (χ4v) is 4.25. The number of carbonyl (C=O) groups is 1. The molecule has 1 fully saturated rings. The molecule has 2 rings (SSSR count). The molecule has 2 N–H and O–H groups in total. The Morgan fingerprint density at radius 2 is 2.16 bits per heavy atom. The highest BCUT2D eigenvalue weighted by atomic mass is 32.2. The van der Waals surface area contributed by atoms with Crippen LogP contribution in [0.5, 0.6) is 0 Å². The fourth-order valence-electron chi connectivity index (χ4n) is 2.43. The third-order valence-corrected chi connectivity index (χ3v) is 5.18. The van der Waals surface area contributed by atoms with Gasteiger partial charge < -0.3 is 10.4 Å². The topological polar surface area (TPSA) is 83.5 Å². The SMILES string of the molecule is Cc1cccc(NC2(C(=O)O)CCCS(=O)(=O)C2)c1. The van der Waals surface area contributed by atoms with Gasteiger partial charge in [0.15, 0.2) is 9.84 Å². The summed E-state index contributed by atoms with van der Waals surface area (Å²) in [6.07, 6.45) is 0.683. The van der Waals surface area contributed by atoms with E-state index in [0.29, 0.717) is 18.5 Å². The molecule has 1 aliphatic rings. The maximum absolute atomic E-state index is 11.7. The first-order chi connectivity index (χ1) is 8.83. The van der Waals surface area contributed by atoms with Crippen LogP contribution in [-0.4, -0.2) is 36.5 Å². The summed E-state index contributed by atoms with van der Waals surface area (Å²) in [7, 11) is -3.31. The van der Waals surface area contributed by atoms with Gasteiger partial charge in [-0.15, -0.1) is 0 Å². The number of rotatable bonds is 3. The first-order valence-electron chi connectivity index (χ1n) is 6.12. The van der Waals surface area contributed by atoms with E-state index in [0.717, 1.165) is 5.56 Å². The summed E-state index contributed by atoms with van der Waals surface area (Å²) in [5, 5.41) is 12.3. The maximum atomic E-state index is 11.7. The van der Waals surface area contributed by atoms with Gasteiger partial charge in [0, 0.05) is 5.69 Å². The van der Waals surface area contributed by atoms with E-state index < -0.39 is 21.3 Å². The number of aryl methyl sites for hydroxylation is 1. The van der Waals surface area contributed by atoms with Crippen molar-refractivity contribution >= 4 is 21.5 Å². The highest BCUT2D eigenvalue weighted by molar-refractivity contribution is 7.91. The molecule has 0 radical (unpaired) electrons. The summed E-state index contributed by atoms with van der Waals surface area (Å²) in [6.45, 7) is 1.90. The van der Waals surface area contributed by atoms with Crippen LogP contribution in [0.25, 0.3) is 0 Å². The number of nitrogens with one attached hydrogen (secondary N) is 1. The summed E-state index contributed by atoms with van der Waals surface area (Å²) in [5.41, 5.74) is 0.217. The van der Waals surface area contributed by atoms with Gasteiger partial charge in [0.1, 0.15) is 5.54 Å². The predicted molar refractivity (Wildman–Crippen MR) is 73.1 cm³/mol. The van der Waals surface area contributed by atoms with Crippen LogP contribution in [-0.2, 0) is 14.6 Å². The predicted octanol–water partition coefficient (Wildman–Crippen LogP) is 1.44. The molecule has 1 saturated heterocycles. The number of benzene rings is 1. The summed E-state index contributed by atoms with van der Waals surface area (Å²) in [5.74, 6) is -1.40. The number of hydrogen-bond donors (Lipinski definition) is 2. The Balaban J connectivity index is 2.33. The van der Waals surface area contributed by atoms with Crippen molar-refractivity contribution in [3.8, 4) is 0 Å². The zero-order valence-corrected chi connectivity index (χ0v) is 11.5. The highest BCUT2D eigenvalue weighted by Crippen LogP contribution is 2.28. The molecule has 0 aromatic heterocycles. The Labute approximate surface area is 112 Å². The van der Waals surface area contributed by atoms with Crippen LogP contribution in [0, 0.1) is 6.92 Å². The Morgan fingerprint density at radius 1 is 1.42 bits per heavy atom. The Morgan fingerprint density at radius 3 is 2.74 bits per heavy atom. The largest absolute Gasteiger partial charge is 0.479 e. The molecule has 5 nitrogen and oxygen atoms in total. The zero-order valence-electron chi connectivity index (χ0n) is 10.7. The second-order valence-corrected chi connectivity index (χ2v) is 7.26. The van der Waals surface area contributed by atoms with Crippen LogP contribution in [0.4, 0.5) is 5.69 Å². The molecule has 19 heavy (non-hydrogen) atoms. The minimum atomic E-state index is -3.31. The second-order valence-electron chi connectivity index (χ2n) is 5.08. The van der Waals surface area contributed by atoms with Crippen molar-refractivity contribution in [1.82, 2.24) is 0 Å². The molecule has 1 atom stereocenters. The molecule has 0 saturated carbocycles. The van der Waals surface area contributed by atoms with Crippen molar-refractivity contribution in [2.45, 2.75) is 25.3 Å². The average Bonchev–Trinajstić information content (AvgIpc) is 2.27. The number of aliphatic carboxylic acids is 1. The summed E-state index contributed by atoms with van der Waals surface area (Å²) in [4.78, 5) is 11.5. The van der Waals surface area contributed by atoms with Crippen molar-refractivity contribution in [3.05, 3.63) is 29.8 Å². The number of sulfone groups is 1. The third kappa shape index (κ3) is 3.07. The lowest BCUT2D eigenvalue weighted by atomic mass is 9.95. The van der Waals surface area contributed by atoms with Gasteiger partial charge in [0.2, 0.25) is 0 Å². The molecular weight excluding hydrogens is 266 g/mol. The molecule has 0 spiro atoms. The fraction of sp³-hybridized carbons (Fsp3) is 0.462. The summed E-state index contributed by atoms with van der Waals surface area (Å²) < 4.78 is 23.4. The van der Waals surface area contributed by atoms with E-state index in [2.05, 4.69) is 5.32 Å². The van der Waals surface area contributed by atoms with E-state index in [-0.39, 0.29) is 11.5 Å². The summed E-state index contributed by atoms with van der Waals surface area (Å²) in [6, 6.07) is 7.27. The monoisotopic (exact) mass is 283 g/mol. The average molecular weight is 283 g/mol. The zero-order chi connectivity index (χ0) is 14.1. The molecule has 1 aromatic rings. The van der Waals surface area contributed by atoms with Crippen LogP contribution in [0.1, 0.15) is 18.4 Å². The van der Waals surface area contributed by atoms with Gasteiger partial charge in [0.05, 0.1) is 11.5 Å². The third-order valence-electron chi connectivity index (χ3n) is 3.34. The molecule has 0 aliphatic carbocycles. The standard InChI is InChI=1S/C13H17NO4S/c1-10-4-2-5-11(8-10)14-13(12(15)16)6-3-7-19(17,18)9-13/h2,4-5,8,14H,3,6-7,9H2,1H3,(H,15,16). The maximum Gasteiger partial charge on any atom is 0.330 e. The number of carboxylic acid groups (broad SMARTS) is 1. The lowest BCUT2D eigenvalue weighted by Gasteiger charge is -2.34. The highest BCUT2D eigenvalue weighted by Gasteiger charge is 2.45. The van der Waals surface area contributed by atoms with E-state index in [4.69, 9.17) is 0 Å². The first-order valence-corrected chi connectivity index (χ1v) is 7.94. The van der Waals surface area contributed by atoms with Gasteiger partial charge in [0.25, 0.3) is 0 Å². The smallest absolute Gasteiger partial charge is 0.330 e. The molecule has 0 amide bonds. The van der Waals surface area contributed by atoms with Gasteiger partial charge in [-0.05, 0) is 37.5 Å². The molecule has 6 heteroatoms. The van der Waals surface area contributed by atoms with Gasteiger partial charge in [-0.2, -0.15) is 0 Å². The number of anilines is 1. The Hall–Kier alpha value is -1.56. The van der Waals surface area contributed by atoms with E-state index in [1.165, 1.54) is 0 Å². The molecule has 0 bridgehead atoms. The van der Waals surface area contributed by atoms with E-state index in [1.807, 2.05) is 25.1 Å². The first kappa shape index (κ1) is 13.9. The van der Waals surface area contributed by atoms with Crippen molar-refractivity contribution in [2.24, 2.45) is 0 Å². The Kier molecular flexibility index (Phi) is 3.54. The van der Waals surface area contributed by atoms with Crippen molar-refractivity contribution in [1.29, 1.82) is 0 Å². The molecule has 1 heterocycles. The minimum absolute atomic E-state index is 0.0670. The van der Waals surface area contributed by atoms with E-state index in [1.54, 1.807) is 6.07 Å². The van der Waals surface area contributed by atoms with Crippen LogP contribution < -0.4 is 5.32 Å². The summed E-state index contributed by atoms with van der Waals surface area (Å²) >= 11 is 0. The number of hydrogen-bond acceptors (Lipinski definition) is 4. The van der Waals surface area contributed by atoms with Crippen molar-refractivity contribution in [2.75, 3.05) is 16.8 Å². The van der Waals surface area contributed by atoms with Gasteiger partial charge in [-0.3, -0.25) is 0 Å². The van der Waals surface area contributed by atoms with E-state index >= 15 is 0 Å². The Bertz CT molecular complexity index is 596. The van der Waals surface area contributed by atoms with Crippen LogP contribution >= 0.6 is 0 Å². The van der Waals surface area contributed by atoms with Crippen molar-refractivity contribution < 1.29 is 18.3 Å². The molecular formula is C13H17NO4S. The molecule has 1 aromatic carbocycles. The van der Waals surface area contributed by atoms with E-state index in [9.17, 15) is 18.3 Å². The van der Waals surface area contributed by atoms with Gasteiger partial charge in [-0.25, -0.2) is 13.2 Å². The quantitative estimate of drug-likeness (QED) is 0.877. The van der Waals surface area contributed by atoms with Crippen LogP contribution in [0.15, 0.2) is 24.3 Å². The molecule has 104 valence electrons. The van der Waals surface area contributed by atoms with Crippen molar-refractivity contribution in [3.63, 3.8) is 0 Å². The second kappa shape index (κ2) is 4.85.